The molecule has 2 heterocycles. The van der Waals surface area contributed by atoms with Gasteiger partial charge in [-0.25, -0.2) is 4.79 Å². The second kappa shape index (κ2) is 7.93. The third-order valence-electron chi connectivity index (χ3n) is 3.61. The van der Waals surface area contributed by atoms with E-state index in [1.165, 1.54) is 0 Å². The Kier molecular flexibility index (Phi) is 6.18. The average Bonchev–Trinajstić information content (AvgIpc) is 2.46. The molecule has 1 amide bonds. The molecular weight excluding hydrogens is 316 g/mol. The molecule has 7 heteroatoms. The first-order valence-electron chi connectivity index (χ1n) is 7.99. The smallest absolute Gasteiger partial charge is 0.407 e. The van der Waals surface area contributed by atoms with E-state index < -0.39 is 5.60 Å². The Hall–Kier alpha value is -1.40. The third kappa shape index (κ3) is 6.71. The van der Waals surface area contributed by atoms with E-state index in [9.17, 15) is 4.79 Å². The van der Waals surface area contributed by atoms with Crippen molar-refractivity contribution in [3.63, 3.8) is 0 Å². The van der Waals surface area contributed by atoms with Crippen molar-refractivity contribution < 1.29 is 9.53 Å². The van der Waals surface area contributed by atoms with Gasteiger partial charge in [-0.1, -0.05) is 11.6 Å². The molecule has 1 saturated heterocycles. The van der Waals surface area contributed by atoms with E-state index in [4.69, 9.17) is 16.3 Å². The third-order valence-corrected chi connectivity index (χ3v) is 3.81. The summed E-state index contributed by atoms with van der Waals surface area (Å²) in [6, 6.07) is 3.66. The number of carbonyl (C=O) groups is 1. The Bertz CT molecular complexity index is 516. The highest BCUT2D eigenvalue weighted by Crippen LogP contribution is 2.18. The second-order valence-corrected chi connectivity index (χ2v) is 7.36. The van der Waals surface area contributed by atoms with Gasteiger partial charge in [0.15, 0.2) is 5.15 Å². The predicted molar refractivity (Wildman–Crippen MR) is 89.3 cm³/mol. The maximum atomic E-state index is 11.7. The van der Waals surface area contributed by atoms with E-state index in [0.29, 0.717) is 17.6 Å². The topological polar surface area (TPSA) is 67.3 Å². The zero-order chi connectivity index (χ0) is 16.9. The van der Waals surface area contributed by atoms with Crippen molar-refractivity contribution in [1.29, 1.82) is 0 Å². The molecule has 0 saturated carbocycles. The lowest BCUT2D eigenvalue weighted by Crippen LogP contribution is -2.42. The standard InChI is InChI=1S/C16H25ClN4O2/c1-16(2,3)23-15(22)18-9-12-5-4-8-21(10-12)11-13-6-7-14(17)20-19-13/h6-7,12H,4-5,8-11H2,1-3H3,(H,18,22)/t12-/m1/s1. The van der Waals surface area contributed by atoms with Crippen molar-refractivity contribution in [2.45, 2.75) is 45.8 Å². The average molecular weight is 341 g/mol. The molecule has 128 valence electrons. The molecule has 23 heavy (non-hydrogen) atoms. The number of ether oxygens (including phenoxy) is 1. The zero-order valence-corrected chi connectivity index (χ0v) is 14.8. The summed E-state index contributed by atoms with van der Waals surface area (Å²) in [5, 5.41) is 11.2. The Morgan fingerprint density at radius 3 is 2.87 bits per heavy atom. The molecule has 6 nitrogen and oxygen atoms in total. The molecule has 1 aliphatic rings. The number of piperidine rings is 1. The Balaban J connectivity index is 1.77. The van der Waals surface area contributed by atoms with Crippen LogP contribution in [0.5, 0.6) is 0 Å². The molecule has 1 aromatic rings. The number of nitrogens with zero attached hydrogens (tertiary/aromatic N) is 3. The summed E-state index contributed by atoms with van der Waals surface area (Å²) in [5.41, 5.74) is 0.450. The van der Waals surface area contributed by atoms with Gasteiger partial charge in [0.1, 0.15) is 5.60 Å². The molecule has 1 N–H and O–H groups in total. The van der Waals surface area contributed by atoms with Crippen LogP contribution >= 0.6 is 11.6 Å². The van der Waals surface area contributed by atoms with Gasteiger partial charge in [-0.2, -0.15) is 5.10 Å². The van der Waals surface area contributed by atoms with Crippen LogP contribution in [-0.2, 0) is 11.3 Å². The van der Waals surface area contributed by atoms with E-state index in [1.807, 2.05) is 26.8 Å². The number of hydrogen-bond donors (Lipinski definition) is 1. The molecule has 1 atom stereocenters. The number of likely N-dealkylation sites (tertiary alicyclic amines) is 1. The van der Waals surface area contributed by atoms with Crippen molar-refractivity contribution >= 4 is 17.7 Å². The highest BCUT2D eigenvalue weighted by atomic mass is 35.5. The van der Waals surface area contributed by atoms with Crippen LogP contribution < -0.4 is 5.32 Å². The highest BCUT2D eigenvalue weighted by Gasteiger charge is 2.22. The fraction of sp³-hybridized carbons (Fsp3) is 0.688. The number of nitrogens with one attached hydrogen (secondary N) is 1. The fourth-order valence-electron chi connectivity index (χ4n) is 2.66. The summed E-state index contributed by atoms with van der Waals surface area (Å²) >= 11 is 5.75. The maximum Gasteiger partial charge on any atom is 0.407 e. The first-order valence-corrected chi connectivity index (χ1v) is 8.37. The van der Waals surface area contributed by atoms with Crippen LogP contribution in [0, 0.1) is 5.92 Å². The molecule has 1 aliphatic heterocycles. The molecule has 0 aromatic carbocycles. The minimum Gasteiger partial charge on any atom is -0.444 e. The fourth-order valence-corrected chi connectivity index (χ4v) is 2.76. The molecular formula is C16H25ClN4O2. The van der Waals surface area contributed by atoms with Gasteiger partial charge in [0, 0.05) is 19.6 Å². The number of carbonyl (C=O) groups excluding carboxylic acids is 1. The minimum atomic E-state index is -0.462. The minimum absolute atomic E-state index is 0.349. The van der Waals surface area contributed by atoms with E-state index in [0.717, 1.165) is 38.2 Å². The summed E-state index contributed by atoms with van der Waals surface area (Å²) < 4.78 is 5.27. The molecule has 1 fully saturated rings. The quantitative estimate of drug-likeness (QED) is 0.912. The lowest BCUT2D eigenvalue weighted by Gasteiger charge is -2.32. The largest absolute Gasteiger partial charge is 0.444 e. The molecule has 0 aliphatic carbocycles. The van der Waals surface area contributed by atoms with Crippen LogP contribution in [0.15, 0.2) is 12.1 Å². The van der Waals surface area contributed by atoms with Crippen molar-refractivity contribution in [2.24, 2.45) is 5.92 Å². The monoisotopic (exact) mass is 340 g/mol. The first kappa shape index (κ1) is 17.9. The van der Waals surface area contributed by atoms with E-state index in [2.05, 4.69) is 20.4 Å². The van der Waals surface area contributed by atoms with Gasteiger partial charge in [0.05, 0.1) is 5.69 Å². The molecule has 0 radical (unpaired) electrons. The van der Waals surface area contributed by atoms with Crippen molar-refractivity contribution in [3.8, 4) is 0 Å². The zero-order valence-electron chi connectivity index (χ0n) is 14.0. The lowest BCUT2D eigenvalue weighted by molar-refractivity contribution is 0.0506. The van der Waals surface area contributed by atoms with E-state index in [-0.39, 0.29) is 6.09 Å². The van der Waals surface area contributed by atoms with Crippen molar-refractivity contribution in [1.82, 2.24) is 20.4 Å². The van der Waals surface area contributed by atoms with Crippen molar-refractivity contribution in [3.05, 3.63) is 23.0 Å². The van der Waals surface area contributed by atoms with E-state index in [1.54, 1.807) is 6.07 Å². The van der Waals surface area contributed by atoms with Crippen LogP contribution in [0.2, 0.25) is 5.15 Å². The summed E-state index contributed by atoms with van der Waals surface area (Å²) in [6.45, 7) is 8.95. The van der Waals surface area contributed by atoms with Gasteiger partial charge < -0.3 is 10.1 Å². The summed E-state index contributed by atoms with van der Waals surface area (Å²) in [4.78, 5) is 14.1. The first-order chi connectivity index (χ1) is 10.8. The number of rotatable bonds is 4. The van der Waals surface area contributed by atoms with Gasteiger partial charge in [0.2, 0.25) is 0 Å². The van der Waals surface area contributed by atoms with Gasteiger partial charge in [-0.05, 0) is 58.2 Å². The van der Waals surface area contributed by atoms with Crippen molar-refractivity contribution in [2.75, 3.05) is 19.6 Å². The van der Waals surface area contributed by atoms with E-state index >= 15 is 0 Å². The SMILES string of the molecule is CC(C)(C)OC(=O)NC[C@H]1CCCN(Cc2ccc(Cl)nn2)C1. The number of aromatic nitrogens is 2. The van der Waals surface area contributed by atoms with Gasteiger partial charge in [-0.15, -0.1) is 5.10 Å². The van der Waals surface area contributed by atoms with Crippen LogP contribution in [0.25, 0.3) is 0 Å². The Morgan fingerprint density at radius 1 is 1.43 bits per heavy atom. The van der Waals surface area contributed by atoms with Gasteiger partial charge >= 0.3 is 6.09 Å². The highest BCUT2D eigenvalue weighted by molar-refractivity contribution is 6.29. The van der Waals surface area contributed by atoms with Gasteiger partial charge in [-0.3, -0.25) is 4.90 Å². The molecule has 0 spiro atoms. The van der Waals surface area contributed by atoms with Crippen LogP contribution in [0.3, 0.4) is 0 Å². The molecule has 0 unspecified atom stereocenters. The Morgan fingerprint density at radius 2 is 2.22 bits per heavy atom. The summed E-state index contributed by atoms with van der Waals surface area (Å²) in [5.74, 6) is 0.427. The molecule has 1 aromatic heterocycles. The second-order valence-electron chi connectivity index (χ2n) is 6.97. The number of alkyl carbamates (subject to hydrolysis) is 1. The van der Waals surface area contributed by atoms with Crippen LogP contribution in [0.4, 0.5) is 4.79 Å². The normalized spacial score (nSPS) is 19.4. The van der Waals surface area contributed by atoms with Crippen LogP contribution in [-0.4, -0.2) is 46.4 Å². The van der Waals surface area contributed by atoms with Gasteiger partial charge in [0.25, 0.3) is 0 Å². The molecule has 0 bridgehead atoms. The number of hydrogen-bond acceptors (Lipinski definition) is 5. The maximum absolute atomic E-state index is 11.7. The van der Waals surface area contributed by atoms with Crippen LogP contribution in [0.1, 0.15) is 39.3 Å². The predicted octanol–water partition coefficient (Wildman–Crippen LogP) is 2.87. The molecule has 2 rings (SSSR count). The summed E-state index contributed by atoms with van der Waals surface area (Å²) in [6.07, 6.45) is 1.87. The Labute approximate surface area is 142 Å². The number of amides is 1. The summed E-state index contributed by atoms with van der Waals surface area (Å²) in [7, 11) is 0. The lowest BCUT2D eigenvalue weighted by atomic mass is 9.98. The number of halogens is 1.